The third kappa shape index (κ3) is 3.53. The molecule has 1 saturated heterocycles. The van der Waals surface area contributed by atoms with Gasteiger partial charge in [0.25, 0.3) is 0 Å². The Morgan fingerprint density at radius 1 is 0.880 bits per heavy atom. The van der Waals surface area contributed by atoms with Crippen LogP contribution in [0.25, 0.3) is 10.8 Å². The molecule has 1 fully saturated rings. The molecule has 0 aliphatic carbocycles. The Kier molecular flexibility index (Phi) is 4.43. The summed E-state index contributed by atoms with van der Waals surface area (Å²) in [6.45, 7) is 2.29. The van der Waals surface area contributed by atoms with Crippen molar-refractivity contribution in [1.82, 2.24) is 5.32 Å². The maximum atomic E-state index is 10.9. The van der Waals surface area contributed by atoms with Gasteiger partial charge in [-0.3, -0.25) is 0 Å². The summed E-state index contributed by atoms with van der Waals surface area (Å²) in [6.07, 6.45) is 1.52. The van der Waals surface area contributed by atoms with Gasteiger partial charge in [-0.05, 0) is 66.0 Å². The van der Waals surface area contributed by atoms with Gasteiger partial charge in [-0.2, -0.15) is 0 Å². The molecule has 1 heterocycles. The van der Waals surface area contributed by atoms with Crippen LogP contribution in [0.15, 0.2) is 66.7 Å². The number of rotatable bonds is 4. The molecule has 25 heavy (non-hydrogen) atoms. The minimum Gasteiger partial charge on any atom is -0.489 e. The van der Waals surface area contributed by atoms with Crippen molar-refractivity contribution < 1.29 is 9.84 Å². The minimum absolute atomic E-state index is 0.567. The molecule has 2 N–H and O–H groups in total. The van der Waals surface area contributed by atoms with Crippen LogP contribution in [0.1, 0.15) is 24.0 Å². The number of ether oxygens (including phenoxy) is 1. The number of aliphatic hydroxyl groups is 1. The molecule has 1 aliphatic heterocycles. The zero-order valence-corrected chi connectivity index (χ0v) is 14.2. The second-order valence-electron chi connectivity index (χ2n) is 6.78. The number of piperidine rings is 1. The quantitative estimate of drug-likeness (QED) is 0.758. The van der Waals surface area contributed by atoms with E-state index in [-0.39, 0.29) is 0 Å². The molecule has 0 atom stereocenters. The molecule has 0 unspecified atom stereocenters. The SMILES string of the molecule is OC1(c2ccc3cc(OCc4ccccc4)ccc3c2)CCNCC1. The molecule has 3 heteroatoms. The molecular weight excluding hydrogens is 310 g/mol. The van der Waals surface area contributed by atoms with Gasteiger partial charge in [0.05, 0.1) is 5.60 Å². The first kappa shape index (κ1) is 16.1. The molecule has 4 rings (SSSR count). The lowest BCUT2D eigenvalue weighted by atomic mass is 9.84. The zero-order valence-electron chi connectivity index (χ0n) is 14.2. The van der Waals surface area contributed by atoms with Gasteiger partial charge in [-0.25, -0.2) is 0 Å². The van der Waals surface area contributed by atoms with Crippen LogP contribution in [-0.4, -0.2) is 18.2 Å². The van der Waals surface area contributed by atoms with Crippen LogP contribution in [0.3, 0.4) is 0 Å². The first-order valence-corrected chi connectivity index (χ1v) is 8.87. The molecule has 128 valence electrons. The van der Waals surface area contributed by atoms with E-state index in [2.05, 4.69) is 47.8 Å². The van der Waals surface area contributed by atoms with Crippen LogP contribution in [0.5, 0.6) is 5.75 Å². The van der Waals surface area contributed by atoms with E-state index in [9.17, 15) is 5.11 Å². The lowest BCUT2D eigenvalue weighted by Gasteiger charge is -2.33. The van der Waals surface area contributed by atoms with Crippen LogP contribution in [0, 0.1) is 0 Å². The van der Waals surface area contributed by atoms with Crippen LogP contribution in [0.2, 0.25) is 0 Å². The zero-order chi connectivity index (χ0) is 17.1. The van der Waals surface area contributed by atoms with Crippen molar-refractivity contribution in [3.05, 3.63) is 77.9 Å². The van der Waals surface area contributed by atoms with E-state index in [0.717, 1.165) is 53.6 Å². The number of fused-ring (bicyclic) bond motifs is 1. The standard InChI is InChI=1S/C22H23NO2/c24-22(10-12-23-13-11-22)20-8-6-19-15-21(9-7-18(19)14-20)25-16-17-4-2-1-3-5-17/h1-9,14-15,23-24H,10-13,16H2. The van der Waals surface area contributed by atoms with Crippen molar-refractivity contribution in [1.29, 1.82) is 0 Å². The molecule has 3 nitrogen and oxygen atoms in total. The lowest BCUT2D eigenvalue weighted by Crippen LogP contribution is -2.39. The van der Waals surface area contributed by atoms with Crippen molar-refractivity contribution in [3.8, 4) is 5.75 Å². The van der Waals surface area contributed by atoms with Crippen molar-refractivity contribution in [2.24, 2.45) is 0 Å². The van der Waals surface area contributed by atoms with Crippen molar-refractivity contribution >= 4 is 10.8 Å². The average Bonchev–Trinajstić information content (AvgIpc) is 2.67. The molecule has 0 radical (unpaired) electrons. The second kappa shape index (κ2) is 6.87. The Morgan fingerprint density at radius 2 is 1.60 bits per heavy atom. The predicted octanol–water partition coefficient (Wildman–Crippen LogP) is 3.99. The van der Waals surface area contributed by atoms with E-state index in [1.165, 1.54) is 0 Å². The summed E-state index contributed by atoms with van der Waals surface area (Å²) in [5.41, 5.74) is 1.47. The normalized spacial score (nSPS) is 16.7. The highest BCUT2D eigenvalue weighted by Crippen LogP contribution is 2.33. The highest BCUT2D eigenvalue weighted by Gasteiger charge is 2.31. The summed E-state index contributed by atoms with van der Waals surface area (Å²) in [5.74, 6) is 0.865. The summed E-state index contributed by atoms with van der Waals surface area (Å²) < 4.78 is 5.91. The largest absolute Gasteiger partial charge is 0.489 e. The van der Waals surface area contributed by atoms with Crippen LogP contribution < -0.4 is 10.1 Å². The van der Waals surface area contributed by atoms with Gasteiger partial charge < -0.3 is 15.2 Å². The summed E-state index contributed by atoms with van der Waals surface area (Å²) in [4.78, 5) is 0. The predicted molar refractivity (Wildman–Crippen MR) is 101 cm³/mol. The third-order valence-electron chi connectivity index (χ3n) is 5.03. The summed E-state index contributed by atoms with van der Waals surface area (Å²) in [6, 6.07) is 22.6. The molecule has 0 saturated carbocycles. The Hall–Kier alpha value is -2.36. The van der Waals surface area contributed by atoms with Crippen molar-refractivity contribution in [2.75, 3.05) is 13.1 Å². The smallest absolute Gasteiger partial charge is 0.120 e. The third-order valence-corrected chi connectivity index (χ3v) is 5.03. The van der Waals surface area contributed by atoms with E-state index in [0.29, 0.717) is 6.61 Å². The van der Waals surface area contributed by atoms with E-state index in [4.69, 9.17) is 4.74 Å². The molecule has 0 amide bonds. The van der Waals surface area contributed by atoms with Crippen LogP contribution in [0.4, 0.5) is 0 Å². The number of nitrogens with one attached hydrogen (secondary N) is 1. The van der Waals surface area contributed by atoms with Gasteiger partial charge in [0, 0.05) is 0 Å². The number of benzene rings is 3. The first-order chi connectivity index (χ1) is 12.2. The Labute approximate surface area is 148 Å². The fourth-order valence-corrected chi connectivity index (χ4v) is 3.47. The molecule has 3 aromatic carbocycles. The van der Waals surface area contributed by atoms with Crippen LogP contribution in [-0.2, 0) is 12.2 Å². The highest BCUT2D eigenvalue weighted by atomic mass is 16.5. The molecule has 0 aromatic heterocycles. The average molecular weight is 333 g/mol. The molecular formula is C22H23NO2. The molecule has 3 aromatic rings. The fourth-order valence-electron chi connectivity index (χ4n) is 3.47. The number of hydrogen-bond acceptors (Lipinski definition) is 3. The second-order valence-corrected chi connectivity index (χ2v) is 6.78. The maximum Gasteiger partial charge on any atom is 0.120 e. The number of hydrogen-bond donors (Lipinski definition) is 2. The Balaban J connectivity index is 1.54. The van der Waals surface area contributed by atoms with Crippen molar-refractivity contribution in [3.63, 3.8) is 0 Å². The summed E-state index contributed by atoms with van der Waals surface area (Å²) in [5, 5.41) is 16.5. The van der Waals surface area contributed by atoms with E-state index >= 15 is 0 Å². The monoisotopic (exact) mass is 333 g/mol. The molecule has 0 bridgehead atoms. The minimum atomic E-state index is -0.706. The van der Waals surface area contributed by atoms with Gasteiger partial charge in [-0.1, -0.05) is 48.5 Å². The molecule has 1 aliphatic rings. The lowest BCUT2D eigenvalue weighted by molar-refractivity contribution is 0.00606. The van der Waals surface area contributed by atoms with Gasteiger partial charge in [0.1, 0.15) is 12.4 Å². The Morgan fingerprint density at radius 3 is 2.40 bits per heavy atom. The Bertz CT molecular complexity index is 854. The molecule has 0 spiro atoms. The highest BCUT2D eigenvalue weighted by molar-refractivity contribution is 5.84. The van der Waals surface area contributed by atoms with Gasteiger partial charge in [0.15, 0.2) is 0 Å². The van der Waals surface area contributed by atoms with E-state index in [1.807, 2.05) is 24.3 Å². The van der Waals surface area contributed by atoms with Gasteiger partial charge in [-0.15, -0.1) is 0 Å². The first-order valence-electron chi connectivity index (χ1n) is 8.87. The topological polar surface area (TPSA) is 41.5 Å². The van der Waals surface area contributed by atoms with Crippen LogP contribution >= 0.6 is 0 Å². The van der Waals surface area contributed by atoms with E-state index < -0.39 is 5.60 Å². The fraction of sp³-hybridized carbons (Fsp3) is 0.273. The van der Waals surface area contributed by atoms with Gasteiger partial charge >= 0.3 is 0 Å². The van der Waals surface area contributed by atoms with Gasteiger partial charge in [0.2, 0.25) is 0 Å². The van der Waals surface area contributed by atoms with E-state index in [1.54, 1.807) is 0 Å². The van der Waals surface area contributed by atoms with Crippen molar-refractivity contribution in [2.45, 2.75) is 25.0 Å². The maximum absolute atomic E-state index is 10.9. The summed E-state index contributed by atoms with van der Waals surface area (Å²) in [7, 11) is 0. The summed E-state index contributed by atoms with van der Waals surface area (Å²) >= 11 is 0.